The van der Waals surface area contributed by atoms with Crippen LogP contribution in [0.1, 0.15) is 49.7 Å². The molecular weight excluding hydrogens is 316 g/mol. The maximum Gasteiger partial charge on any atom is 0.240 e. The number of methoxy groups -OCH3 is 1. The van der Waals surface area contributed by atoms with Crippen molar-refractivity contribution in [1.82, 2.24) is 19.9 Å². The molecule has 136 valence electrons. The van der Waals surface area contributed by atoms with Crippen molar-refractivity contribution in [2.75, 3.05) is 33.3 Å². The molecule has 0 aliphatic carbocycles. The molecule has 2 aromatic rings. The Morgan fingerprint density at radius 1 is 1.12 bits per heavy atom. The summed E-state index contributed by atoms with van der Waals surface area (Å²) < 4.78 is 10.6. The summed E-state index contributed by atoms with van der Waals surface area (Å²) in [6.45, 7) is 9.14. The molecule has 6 nitrogen and oxygen atoms in total. The monoisotopic (exact) mass is 344 g/mol. The van der Waals surface area contributed by atoms with Crippen LogP contribution in [0.15, 0.2) is 34.9 Å². The van der Waals surface area contributed by atoms with Gasteiger partial charge in [-0.3, -0.25) is 9.80 Å². The number of aromatic nitrogens is 2. The average molecular weight is 344 g/mol. The Bertz CT molecular complexity index is 646. The Morgan fingerprint density at radius 2 is 1.92 bits per heavy atom. The van der Waals surface area contributed by atoms with Crippen LogP contribution in [0.4, 0.5) is 0 Å². The van der Waals surface area contributed by atoms with Gasteiger partial charge in [-0.05, 0) is 32.4 Å². The molecule has 2 atom stereocenters. The Hall–Kier alpha value is -1.76. The highest BCUT2D eigenvalue weighted by Gasteiger charge is 2.22. The molecule has 1 aliphatic rings. The maximum absolute atomic E-state index is 5.38. The third kappa shape index (κ3) is 4.66. The van der Waals surface area contributed by atoms with Crippen LogP contribution >= 0.6 is 0 Å². The second-order valence-electron chi connectivity index (χ2n) is 6.68. The van der Waals surface area contributed by atoms with Crippen LogP contribution in [-0.2, 0) is 11.3 Å². The number of benzene rings is 1. The number of rotatable bonds is 6. The van der Waals surface area contributed by atoms with Gasteiger partial charge < -0.3 is 9.26 Å². The van der Waals surface area contributed by atoms with Crippen molar-refractivity contribution >= 4 is 0 Å². The second kappa shape index (κ2) is 8.56. The molecule has 0 bridgehead atoms. The van der Waals surface area contributed by atoms with Crippen molar-refractivity contribution in [3.8, 4) is 0 Å². The van der Waals surface area contributed by atoms with E-state index >= 15 is 0 Å². The van der Waals surface area contributed by atoms with Crippen LogP contribution in [0.2, 0.25) is 0 Å². The Balaban J connectivity index is 1.55. The minimum atomic E-state index is -0.135. The minimum absolute atomic E-state index is 0.135. The first kappa shape index (κ1) is 18.0. The fourth-order valence-corrected chi connectivity index (χ4v) is 3.27. The lowest BCUT2D eigenvalue weighted by Gasteiger charge is -2.28. The molecule has 0 spiro atoms. The predicted molar refractivity (Wildman–Crippen MR) is 96.0 cm³/mol. The van der Waals surface area contributed by atoms with E-state index in [-0.39, 0.29) is 6.10 Å². The van der Waals surface area contributed by atoms with Crippen LogP contribution < -0.4 is 0 Å². The zero-order valence-electron chi connectivity index (χ0n) is 15.4. The highest BCUT2D eigenvalue weighted by atomic mass is 16.5. The van der Waals surface area contributed by atoms with Crippen molar-refractivity contribution < 1.29 is 9.26 Å². The highest BCUT2D eigenvalue weighted by molar-refractivity contribution is 5.18. The molecule has 2 heterocycles. The molecule has 0 saturated carbocycles. The maximum atomic E-state index is 5.38. The number of nitrogens with zero attached hydrogens (tertiary/aromatic N) is 4. The minimum Gasteiger partial charge on any atom is -0.374 e. The molecule has 1 aliphatic heterocycles. The van der Waals surface area contributed by atoms with Crippen molar-refractivity contribution in [3.05, 3.63) is 47.6 Å². The molecule has 0 radical (unpaired) electrons. The first-order valence-electron chi connectivity index (χ1n) is 9.04. The lowest BCUT2D eigenvalue weighted by molar-refractivity contribution is 0.109. The summed E-state index contributed by atoms with van der Waals surface area (Å²) in [7, 11) is 1.65. The number of hydrogen-bond acceptors (Lipinski definition) is 6. The molecular formula is C19H28N4O2. The van der Waals surface area contributed by atoms with Crippen LogP contribution in [-0.4, -0.2) is 53.2 Å². The van der Waals surface area contributed by atoms with Crippen molar-refractivity contribution in [2.24, 2.45) is 0 Å². The highest BCUT2D eigenvalue weighted by Crippen LogP contribution is 2.22. The van der Waals surface area contributed by atoms with Gasteiger partial charge in [0.2, 0.25) is 5.89 Å². The van der Waals surface area contributed by atoms with E-state index in [9.17, 15) is 0 Å². The van der Waals surface area contributed by atoms with E-state index in [1.807, 2.05) is 6.92 Å². The zero-order valence-corrected chi connectivity index (χ0v) is 15.4. The van der Waals surface area contributed by atoms with Gasteiger partial charge in [-0.2, -0.15) is 4.98 Å². The lowest BCUT2D eigenvalue weighted by atomic mass is 10.1. The topological polar surface area (TPSA) is 54.6 Å². The summed E-state index contributed by atoms with van der Waals surface area (Å²) in [5.74, 6) is 1.29. The third-order valence-corrected chi connectivity index (χ3v) is 5.01. The van der Waals surface area contributed by atoms with E-state index in [1.54, 1.807) is 7.11 Å². The first-order valence-corrected chi connectivity index (χ1v) is 9.04. The normalized spacial score (nSPS) is 19.5. The Morgan fingerprint density at radius 3 is 2.68 bits per heavy atom. The molecule has 1 fully saturated rings. The van der Waals surface area contributed by atoms with Gasteiger partial charge >= 0.3 is 0 Å². The summed E-state index contributed by atoms with van der Waals surface area (Å²) >= 11 is 0. The van der Waals surface area contributed by atoms with E-state index in [0.29, 0.717) is 24.3 Å². The fraction of sp³-hybridized carbons (Fsp3) is 0.579. The molecule has 1 aromatic heterocycles. The zero-order chi connectivity index (χ0) is 17.6. The SMILES string of the molecule is CO[C@@H](C)c1noc(CN2CCCN([C@H](C)c3ccccc3)CC2)n1. The van der Waals surface area contributed by atoms with Crippen molar-refractivity contribution in [3.63, 3.8) is 0 Å². The van der Waals surface area contributed by atoms with Gasteiger partial charge in [-0.25, -0.2) is 0 Å². The largest absolute Gasteiger partial charge is 0.374 e. The predicted octanol–water partition coefficient (Wildman–Crippen LogP) is 3.05. The fourth-order valence-electron chi connectivity index (χ4n) is 3.27. The van der Waals surface area contributed by atoms with E-state index in [4.69, 9.17) is 9.26 Å². The number of ether oxygens (including phenoxy) is 1. The smallest absolute Gasteiger partial charge is 0.240 e. The van der Waals surface area contributed by atoms with Gasteiger partial charge in [0.1, 0.15) is 6.10 Å². The van der Waals surface area contributed by atoms with E-state index < -0.39 is 0 Å². The second-order valence-corrected chi connectivity index (χ2v) is 6.68. The average Bonchev–Trinajstić information content (AvgIpc) is 2.99. The summed E-state index contributed by atoms with van der Waals surface area (Å²) in [4.78, 5) is 9.40. The van der Waals surface area contributed by atoms with Gasteiger partial charge in [0.05, 0.1) is 6.54 Å². The summed E-state index contributed by atoms with van der Waals surface area (Å²) in [6, 6.07) is 11.2. The van der Waals surface area contributed by atoms with Crippen LogP contribution in [0.25, 0.3) is 0 Å². The van der Waals surface area contributed by atoms with E-state index in [2.05, 4.69) is 57.2 Å². The van der Waals surface area contributed by atoms with Gasteiger partial charge in [0.25, 0.3) is 0 Å². The molecule has 1 aromatic carbocycles. The van der Waals surface area contributed by atoms with Crippen LogP contribution in [0, 0.1) is 0 Å². The summed E-state index contributed by atoms with van der Waals surface area (Å²) in [5.41, 5.74) is 1.38. The number of hydrogen-bond donors (Lipinski definition) is 0. The van der Waals surface area contributed by atoms with Gasteiger partial charge in [0.15, 0.2) is 5.82 Å². The van der Waals surface area contributed by atoms with Crippen molar-refractivity contribution in [2.45, 2.75) is 39.0 Å². The molecule has 3 rings (SSSR count). The Labute approximate surface area is 149 Å². The summed E-state index contributed by atoms with van der Waals surface area (Å²) in [5, 5.41) is 4.01. The molecule has 0 N–H and O–H groups in total. The van der Waals surface area contributed by atoms with Gasteiger partial charge in [0, 0.05) is 32.8 Å². The Kier molecular flexibility index (Phi) is 6.18. The van der Waals surface area contributed by atoms with Crippen LogP contribution in [0.3, 0.4) is 0 Å². The standard InChI is InChI=1S/C19H28N4O2/c1-15(17-8-5-4-6-9-17)23-11-7-10-22(12-13-23)14-18-20-19(21-25-18)16(2)24-3/h4-6,8-9,15-16H,7,10-14H2,1-3H3/t15-,16+/m1/s1. The molecule has 0 amide bonds. The first-order chi connectivity index (χ1) is 12.2. The quantitative estimate of drug-likeness (QED) is 0.803. The molecule has 6 heteroatoms. The molecule has 25 heavy (non-hydrogen) atoms. The molecule has 0 unspecified atom stereocenters. The van der Waals surface area contributed by atoms with E-state index in [1.165, 1.54) is 5.56 Å². The summed E-state index contributed by atoms with van der Waals surface area (Å²) in [6.07, 6.45) is 1.01. The van der Waals surface area contributed by atoms with E-state index in [0.717, 1.165) is 32.6 Å². The molecule has 1 saturated heterocycles. The third-order valence-electron chi connectivity index (χ3n) is 5.01. The van der Waals surface area contributed by atoms with Gasteiger partial charge in [-0.15, -0.1) is 0 Å². The lowest BCUT2D eigenvalue weighted by Crippen LogP contribution is -2.32. The van der Waals surface area contributed by atoms with Crippen molar-refractivity contribution in [1.29, 1.82) is 0 Å². The van der Waals surface area contributed by atoms with Gasteiger partial charge in [-0.1, -0.05) is 35.5 Å². The van der Waals surface area contributed by atoms with Crippen LogP contribution in [0.5, 0.6) is 0 Å².